The Balaban J connectivity index is 1.89. The van der Waals surface area contributed by atoms with Crippen molar-refractivity contribution in [3.8, 4) is 0 Å². The minimum Gasteiger partial charge on any atom is -0.452 e. The van der Waals surface area contributed by atoms with Crippen molar-refractivity contribution in [2.75, 3.05) is 5.32 Å². The molecule has 1 saturated carbocycles. The number of amides is 1. The van der Waals surface area contributed by atoms with Crippen molar-refractivity contribution < 1.29 is 14.3 Å². The van der Waals surface area contributed by atoms with E-state index in [9.17, 15) is 9.59 Å². The van der Waals surface area contributed by atoms with Crippen LogP contribution in [0.15, 0.2) is 18.2 Å². The third-order valence-corrected chi connectivity index (χ3v) is 4.34. The monoisotopic (exact) mass is 343 g/mol. The van der Waals surface area contributed by atoms with Gasteiger partial charge in [-0.25, -0.2) is 0 Å². The molecule has 4 nitrogen and oxygen atoms in total. The summed E-state index contributed by atoms with van der Waals surface area (Å²) in [4.78, 5) is 24.1. The van der Waals surface area contributed by atoms with Gasteiger partial charge in [-0.3, -0.25) is 9.59 Å². The molecule has 22 heavy (non-hydrogen) atoms. The second-order valence-electron chi connectivity index (χ2n) is 5.53. The van der Waals surface area contributed by atoms with Gasteiger partial charge in [0.1, 0.15) is 0 Å². The summed E-state index contributed by atoms with van der Waals surface area (Å²) in [6.07, 6.45) is 4.07. The molecule has 1 N–H and O–H groups in total. The lowest BCUT2D eigenvalue weighted by molar-refractivity contribution is -0.158. The maximum Gasteiger partial charge on any atom is 0.309 e. The van der Waals surface area contributed by atoms with Gasteiger partial charge >= 0.3 is 5.97 Å². The van der Waals surface area contributed by atoms with Crippen molar-refractivity contribution in [2.24, 2.45) is 5.92 Å². The first-order valence-corrected chi connectivity index (χ1v) is 8.19. The van der Waals surface area contributed by atoms with Crippen LogP contribution in [-0.4, -0.2) is 18.0 Å². The number of hydrogen-bond donors (Lipinski definition) is 1. The van der Waals surface area contributed by atoms with Gasteiger partial charge in [-0.2, -0.15) is 0 Å². The maximum atomic E-state index is 12.1. The Hall–Kier alpha value is -1.26. The van der Waals surface area contributed by atoms with Gasteiger partial charge in [-0.05, 0) is 38.0 Å². The molecule has 6 heteroatoms. The Labute approximate surface area is 140 Å². The molecule has 120 valence electrons. The molecule has 1 aromatic rings. The largest absolute Gasteiger partial charge is 0.452 e. The predicted octanol–water partition coefficient (Wildman–Crippen LogP) is 4.44. The molecule has 1 unspecified atom stereocenters. The van der Waals surface area contributed by atoms with E-state index in [-0.39, 0.29) is 11.9 Å². The van der Waals surface area contributed by atoms with Crippen LogP contribution in [0.25, 0.3) is 0 Å². The third-order valence-electron chi connectivity index (χ3n) is 3.79. The molecular formula is C16H19Cl2NO3. The fourth-order valence-corrected chi connectivity index (χ4v) is 2.94. The van der Waals surface area contributed by atoms with E-state index in [0.717, 1.165) is 32.1 Å². The summed E-state index contributed by atoms with van der Waals surface area (Å²) in [5.41, 5.74) is 0.441. The molecule has 0 aromatic heterocycles. The number of anilines is 1. The fraction of sp³-hybridized carbons (Fsp3) is 0.500. The first kappa shape index (κ1) is 17.1. The van der Waals surface area contributed by atoms with Crippen LogP contribution in [0.2, 0.25) is 10.0 Å². The van der Waals surface area contributed by atoms with Gasteiger partial charge in [-0.15, -0.1) is 0 Å². The van der Waals surface area contributed by atoms with Gasteiger partial charge in [0, 0.05) is 5.02 Å². The highest BCUT2D eigenvalue weighted by molar-refractivity contribution is 6.36. The highest BCUT2D eigenvalue weighted by Crippen LogP contribution is 2.27. The standard InChI is InChI=1S/C16H19Cl2NO3/c1-10(22-16(21)11-5-3-2-4-6-11)15(20)19-14-8-7-12(17)9-13(14)18/h7-11H,2-6H2,1H3,(H,19,20). The smallest absolute Gasteiger partial charge is 0.309 e. The number of ether oxygens (including phenoxy) is 1. The highest BCUT2D eigenvalue weighted by Gasteiger charge is 2.26. The first-order valence-electron chi connectivity index (χ1n) is 7.44. The van der Waals surface area contributed by atoms with Crippen molar-refractivity contribution in [2.45, 2.75) is 45.1 Å². The lowest BCUT2D eigenvalue weighted by Crippen LogP contribution is -2.33. The maximum absolute atomic E-state index is 12.1. The molecule has 1 amide bonds. The van der Waals surface area contributed by atoms with Crippen LogP contribution < -0.4 is 5.32 Å². The summed E-state index contributed by atoms with van der Waals surface area (Å²) < 4.78 is 5.27. The summed E-state index contributed by atoms with van der Waals surface area (Å²) in [5, 5.41) is 3.46. The molecule has 2 rings (SSSR count). The molecule has 1 aromatic carbocycles. The number of carbonyl (C=O) groups excluding carboxylic acids is 2. The number of esters is 1. The Morgan fingerprint density at radius 2 is 1.91 bits per heavy atom. The quantitative estimate of drug-likeness (QED) is 0.822. The molecule has 0 radical (unpaired) electrons. The van der Waals surface area contributed by atoms with Gasteiger partial charge in [0.15, 0.2) is 6.10 Å². The zero-order valence-corrected chi connectivity index (χ0v) is 13.9. The van der Waals surface area contributed by atoms with E-state index < -0.39 is 12.0 Å². The Morgan fingerprint density at radius 3 is 2.55 bits per heavy atom. The molecule has 0 heterocycles. The fourth-order valence-electron chi connectivity index (χ4n) is 2.49. The Morgan fingerprint density at radius 1 is 1.23 bits per heavy atom. The molecule has 0 aliphatic heterocycles. The van der Waals surface area contributed by atoms with Crippen molar-refractivity contribution in [3.05, 3.63) is 28.2 Å². The number of benzene rings is 1. The minimum absolute atomic E-state index is 0.0804. The topological polar surface area (TPSA) is 55.4 Å². The highest BCUT2D eigenvalue weighted by atomic mass is 35.5. The average Bonchev–Trinajstić information content (AvgIpc) is 2.50. The second-order valence-corrected chi connectivity index (χ2v) is 6.37. The first-order chi connectivity index (χ1) is 10.5. The molecule has 1 aliphatic rings. The molecule has 0 spiro atoms. The summed E-state index contributed by atoms with van der Waals surface area (Å²) in [5.74, 6) is -0.777. The molecular weight excluding hydrogens is 325 g/mol. The van der Waals surface area contributed by atoms with Crippen LogP contribution in [-0.2, 0) is 14.3 Å². The molecule has 0 saturated heterocycles. The lowest BCUT2D eigenvalue weighted by Gasteiger charge is -2.22. The van der Waals surface area contributed by atoms with Crippen LogP contribution in [0.3, 0.4) is 0 Å². The third kappa shape index (κ3) is 4.62. The van der Waals surface area contributed by atoms with Crippen molar-refractivity contribution >= 4 is 40.8 Å². The van der Waals surface area contributed by atoms with Crippen molar-refractivity contribution in [1.82, 2.24) is 0 Å². The van der Waals surface area contributed by atoms with Gasteiger partial charge in [-0.1, -0.05) is 42.5 Å². The molecule has 1 atom stereocenters. The Kier molecular flexibility index (Phi) is 6.09. The predicted molar refractivity (Wildman–Crippen MR) is 87.2 cm³/mol. The van der Waals surface area contributed by atoms with Crippen molar-refractivity contribution in [1.29, 1.82) is 0 Å². The van der Waals surface area contributed by atoms with E-state index in [0.29, 0.717) is 15.7 Å². The second kappa shape index (κ2) is 7.84. The van der Waals surface area contributed by atoms with E-state index in [2.05, 4.69) is 5.32 Å². The van der Waals surface area contributed by atoms with Crippen molar-refractivity contribution in [3.63, 3.8) is 0 Å². The number of rotatable bonds is 4. The molecule has 1 fully saturated rings. The van der Waals surface area contributed by atoms with Gasteiger partial charge in [0.2, 0.25) is 0 Å². The molecule has 1 aliphatic carbocycles. The van der Waals surface area contributed by atoms with Crippen LogP contribution in [0, 0.1) is 5.92 Å². The van der Waals surface area contributed by atoms with Crippen LogP contribution in [0.4, 0.5) is 5.69 Å². The number of hydrogen-bond acceptors (Lipinski definition) is 3. The van der Waals surface area contributed by atoms with E-state index >= 15 is 0 Å². The summed E-state index contributed by atoms with van der Waals surface area (Å²) in [7, 11) is 0. The van der Waals surface area contributed by atoms with Crippen LogP contribution in [0.1, 0.15) is 39.0 Å². The molecule has 0 bridgehead atoms. The lowest BCUT2D eigenvalue weighted by atomic mass is 9.89. The van der Waals surface area contributed by atoms with E-state index in [1.54, 1.807) is 19.1 Å². The zero-order valence-electron chi connectivity index (χ0n) is 12.4. The van der Waals surface area contributed by atoms with Gasteiger partial charge in [0.05, 0.1) is 16.6 Å². The normalized spacial score (nSPS) is 16.9. The number of nitrogens with one attached hydrogen (secondary N) is 1. The SMILES string of the molecule is CC(OC(=O)C1CCCCC1)C(=O)Nc1ccc(Cl)cc1Cl. The van der Waals surface area contributed by atoms with E-state index in [1.165, 1.54) is 6.07 Å². The summed E-state index contributed by atoms with van der Waals surface area (Å²) in [6, 6.07) is 4.78. The number of halogens is 2. The number of carbonyl (C=O) groups is 2. The van der Waals surface area contributed by atoms with Crippen LogP contribution >= 0.6 is 23.2 Å². The van der Waals surface area contributed by atoms with E-state index in [1.807, 2.05) is 0 Å². The summed E-state index contributed by atoms with van der Waals surface area (Å²) in [6.45, 7) is 1.56. The Bertz CT molecular complexity index is 556. The van der Waals surface area contributed by atoms with Crippen LogP contribution in [0.5, 0.6) is 0 Å². The van der Waals surface area contributed by atoms with Gasteiger partial charge < -0.3 is 10.1 Å². The van der Waals surface area contributed by atoms with Gasteiger partial charge in [0.25, 0.3) is 5.91 Å². The van der Waals surface area contributed by atoms with E-state index in [4.69, 9.17) is 27.9 Å². The summed E-state index contributed by atoms with van der Waals surface area (Å²) >= 11 is 11.8. The zero-order chi connectivity index (χ0) is 16.1. The average molecular weight is 344 g/mol. The minimum atomic E-state index is -0.860.